The van der Waals surface area contributed by atoms with Crippen molar-refractivity contribution in [3.8, 4) is 0 Å². The Balaban J connectivity index is 0.0000000975. The highest BCUT2D eigenvalue weighted by Crippen LogP contribution is 2.77. The largest absolute Gasteiger partial charge is 0.463 e. The van der Waals surface area contributed by atoms with Crippen LogP contribution in [0.2, 0.25) is 0 Å². The van der Waals surface area contributed by atoms with Gasteiger partial charge in [0, 0.05) is 23.2 Å². The van der Waals surface area contributed by atoms with Crippen LogP contribution in [0, 0.1) is 277 Å². The van der Waals surface area contributed by atoms with Crippen LogP contribution in [0.5, 0.6) is 0 Å². The fourth-order valence-electron chi connectivity index (χ4n) is 37.8. The van der Waals surface area contributed by atoms with Gasteiger partial charge in [0.05, 0.1) is 43.1 Å². The molecule has 5 aliphatic heterocycles. The van der Waals surface area contributed by atoms with Gasteiger partial charge >= 0.3 is 65.7 Å². The number of nitrogens with one attached hydrogen (secondary N) is 1. The van der Waals surface area contributed by atoms with Crippen LogP contribution < -0.4 is 5.32 Å². The van der Waals surface area contributed by atoms with E-state index in [0.717, 1.165) is 216 Å². The van der Waals surface area contributed by atoms with E-state index in [1.54, 1.807) is 6.92 Å². The number of hydrogen-bond donors (Lipinski definition) is 1. The first kappa shape index (κ1) is 88.2. The van der Waals surface area contributed by atoms with E-state index >= 15 is 0 Å². The second-order valence-corrected chi connectivity index (χ2v) is 49.2. The summed E-state index contributed by atoms with van der Waals surface area (Å²) in [6, 6.07) is -0.768. The van der Waals surface area contributed by atoms with Gasteiger partial charge in [-0.3, -0.25) is 33.6 Å². The van der Waals surface area contributed by atoms with Crippen molar-refractivity contribution in [3.05, 3.63) is 0 Å². The van der Waals surface area contributed by atoms with Crippen LogP contribution >= 0.6 is 0 Å². The molecule has 5 saturated heterocycles. The van der Waals surface area contributed by atoms with Crippen molar-refractivity contribution in [1.82, 2.24) is 5.32 Å². The van der Waals surface area contributed by atoms with E-state index in [4.69, 9.17) is 52.1 Å². The number of ether oxygens (including phenoxy) is 11. The van der Waals surface area contributed by atoms with Gasteiger partial charge in [-0.15, -0.1) is 0 Å². The molecule has 20 bridgehead atoms. The van der Waals surface area contributed by atoms with E-state index in [9.17, 15) is 57.5 Å². The molecular formula is C104H145NO23. The van der Waals surface area contributed by atoms with E-state index in [2.05, 4.69) is 74.6 Å². The quantitative estimate of drug-likeness (QED) is 0.0959. The summed E-state index contributed by atoms with van der Waals surface area (Å²) in [6.07, 6.45) is 15.4. The average molecular weight is 1780 g/mol. The Morgan fingerprint density at radius 3 is 0.984 bits per heavy atom. The van der Waals surface area contributed by atoms with Crippen molar-refractivity contribution in [2.75, 3.05) is 39.6 Å². The molecule has 0 spiro atoms. The summed E-state index contributed by atoms with van der Waals surface area (Å²) < 4.78 is 57.5. The lowest BCUT2D eigenvalue weighted by Crippen LogP contribution is -2.48. The molecule has 51 unspecified atom stereocenters. The normalized spacial score (nSPS) is 52.5. The standard InChI is InChI=1S/C24H35NO5.C21H28O6.C21H30O4.2C19H26O4/c1-10-11(2)15-8-14(10)18-13-6-16(19(15)18)17(7-13)21(26)25-12(3)22(27)30-20-23(28)29-9-24(20,4)5;1-9-10(2)14-6-13(9)19-11-3-15(20(14)19)16(4-11)21(24)26-8-18(23)27-12-5-17(22)25-7-12;1-9-10(2)13-7-12(9)16-11-5-14(17(13)16)15(6-11)19(22)25-18-20(23)24-8-21(18,3)4;1-8-9(2)13-6-12(8)17-10-3-14(18(13)17)15(4-10)19(21)23-11-5-16(20)22-7-11;1-8-9(2)12-7-11(8)16-10-5-13(17(12)16)14(6-10)18(20)23-15-3-4-22-19(15)21/h10-20H,6-9H2,1-5H3,(H,25,26);9-16,19-20H,3-8H2,1-2H3;9-18H,5-8H2,1-4H3;8-15,17-18H,3-7H2,1-2H3;8-17H,3-7H2,1-2H3. The molecule has 0 radical (unpaired) electrons. The summed E-state index contributed by atoms with van der Waals surface area (Å²) in [6.45, 7) is 34.3. The topological polar surface area (TPSA) is 318 Å². The molecule has 25 rings (SSSR count). The van der Waals surface area contributed by atoms with Crippen LogP contribution in [0.15, 0.2) is 0 Å². The number of amides is 1. The van der Waals surface area contributed by atoms with Crippen LogP contribution in [-0.4, -0.2) is 148 Å². The predicted molar refractivity (Wildman–Crippen MR) is 457 cm³/mol. The van der Waals surface area contributed by atoms with Crippen molar-refractivity contribution in [2.24, 2.45) is 277 Å². The summed E-state index contributed by atoms with van der Waals surface area (Å²) in [7, 11) is 0. The molecule has 0 aromatic heterocycles. The zero-order chi connectivity index (χ0) is 89.8. The maximum atomic E-state index is 13.1. The molecule has 0 aromatic rings. The summed E-state index contributed by atoms with van der Waals surface area (Å²) in [5, 5.41) is 2.90. The number of carbonyl (C=O) groups is 12. The Kier molecular flexibility index (Phi) is 22.4. The van der Waals surface area contributed by atoms with Crippen molar-refractivity contribution in [2.45, 2.75) is 256 Å². The van der Waals surface area contributed by atoms with Crippen molar-refractivity contribution < 1.29 is 110 Å². The van der Waals surface area contributed by atoms with Crippen molar-refractivity contribution >= 4 is 71.6 Å². The van der Waals surface area contributed by atoms with Crippen molar-refractivity contribution in [1.29, 1.82) is 0 Å². The predicted octanol–water partition coefficient (Wildman–Crippen LogP) is 13.6. The first-order valence-corrected chi connectivity index (χ1v) is 51.2. The Bertz CT molecular complexity index is 4460. The van der Waals surface area contributed by atoms with Gasteiger partial charge in [0.1, 0.15) is 44.7 Å². The summed E-state index contributed by atoms with van der Waals surface area (Å²) in [5.74, 6) is 27.0. The van der Waals surface area contributed by atoms with E-state index in [-0.39, 0.29) is 129 Å². The molecule has 5 heterocycles. The molecular weight excluding hydrogens is 1630 g/mol. The number of esters is 11. The first-order valence-electron chi connectivity index (χ1n) is 51.2. The van der Waals surface area contributed by atoms with Gasteiger partial charge in [-0.05, 0) is 340 Å². The Morgan fingerprint density at radius 1 is 0.344 bits per heavy atom. The van der Waals surface area contributed by atoms with E-state index < -0.39 is 59.2 Å². The number of carbonyl (C=O) groups excluding carboxylic acids is 12. The maximum absolute atomic E-state index is 13.1. The monoisotopic (exact) mass is 1780 g/mol. The van der Waals surface area contributed by atoms with Crippen LogP contribution in [0.1, 0.15) is 219 Å². The number of cyclic esters (lactones) is 5. The number of rotatable bonds is 14. The van der Waals surface area contributed by atoms with Crippen LogP contribution in [0.4, 0.5) is 0 Å². The van der Waals surface area contributed by atoms with E-state index in [1.165, 1.54) is 57.8 Å². The summed E-state index contributed by atoms with van der Waals surface area (Å²) in [4.78, 5) is 146. The zero-order valence-corrected chi connectivity index (χ0v) is 78.3. The number of fused-ring (bicyclic) bond motifs is 45. The second-order valence-electron chi connectivity index (χ2n) is 49.2. The van der Waals surface area contributed by atoms with Crippen LogP contribution in [0.25, 0.3) is 0 Å². The molecule has 704 valence electrons. The van der Waals surface area contributed by atoms with Gasteiger partial charge < -0.3 is 57.4 Å². The van der Waals surface area contributed by atoms with Gasteiger partial charge in [-0.1, -0.05) is 96.9 Å². The molecule has 1 amide bonds. The molecule has 0 aromatic carbocycles. The van der Waals surface area contributed by atoms with Gasteiger partial charge in [0.25, 0.3) is 0 Å². The minimum Gasteiger partial charge on any atom is -0.463 e. The average Bonchev–Trinajstić information content (AvgIpc) is 1.56. The molecule has 128 heavy (non-hydrogen) atoms. The Hall–Kier alpha value is -6.36. The highest BCUT2D eigenvalue weighted by atomic mass is 16.6. The minimum absolute atomic E-state index is 0.0114. The molecule has 20 saturated carbocycles. The van der Waals surface area contributed by atoms with Crippen LogP contribution in [0.3, 0.4) is 0 Å². The minimum atomic E-state index is -0.912. The fraction of sp³-hybridized carbons (Fsp3) is 0.885. The van der Waals surface area contributed by atoms with Gasteiger partial charge in [-0.25, -0.2) is 24.0 Å². The lowest BCUT2D eigenvalue weighted by atomic mass is 9.62. The lowest BCUT2D eigenvalue weighted by molar-refractivity contribution is -0.169. The smallest absolute Gasteiger partial charge is 0.348 e. The molecule has 24 heteroatoms. The SMILES string of the molecule is CC(NC(=O)C1CC2CC1C1C3CC(C(C)C3C)C21)C(=O)OC1C(=O)OCC1(C)C.CC1C(C)C2CC1C1C3CC(C(=O)OC4C(=O)OCC4(C)C)C(C3)C21.CC1C(C)C2CC1C1C3CC(C(=O)OC4CCOC4=O)C(C3)C21.CC1C(C)C2CC1C1C3CC(C(=O)OC4COC(=O)C4)C(C3)C21.CC1C(C)C2CC1C1C3CC(C(=O)OCC(=O)OC4COC(=O)C4)C(C3)C21. The van der Waals surface area contributed by atoms with Crippen LogP contribution in [-0.2, 0) is 110 Å². The lowest BCUT2D eigenvalue weighted by Gasteiger charge is -2.43. The van der Waals surface area contributed by atoms with Gasteiger partial charge in [0.2, 0.25) is 24.2 Å². The fourth-order valence-corrected chi connectivity index (χ4v) is 37.8. The highest BCUT2D eigenvalue weighted by Gasteiger charge is 2.73. The summed E-state index contributed by atoms with van der Waals surface area (Å²) >= 11 is 0. The van der Waals surface area contributed by atoms with E-state index in [1.807, 2.05) is 27.7 Å². The Labute approximate surface area is 755 Å². The molecule has 25 fully saturated rings. The molecule has 20 aliphatic carbocycles. The Morgan fingerprint density at radius 2 is 0.656 bits per heavy atom. The second kappa shape index (κ2) is 32.5. The highest BCUT2D eigenvalue weighted by molar-refractivity contribution is 5.89. The molecule has 24 nitrogen and oxygen atoms in total. The summed E-state index contributed by atoms with van der Waals surface area (Å²) in [5.41, 5.74) is -0.963. The molecule has 25 aliphatic rings. The zero-order valence-electron chi connectivity index (χ0n) is 78.3. The van der Waals surface area contributed by atoms with Gasteiger partial charge in [-0.2, -0.15) is 0 Å². The van der Waals surface area contributed by atoms with Gasteiger partial charge in [0.15, 0.2) is 6.61 Å². The molecule has 51 atom stereocenters. The maximum Gasteiger partial charge on any atom is 0.348 e. The third-order valence-electron chi connectivity index (χ3n) is 43.7. The van der Waals surface area contributed by atoms with Crippen molar-refractivity contribution in [3.63, 3.8) is 0 Å². The third-order valence-corrected chi connectivity index (χ3v) is 43.7. The first-order chi connectivity index (χ1) is 60.9. The van der Waals surface area contributed by atoms with E-state index in [0.29, 0.717) is 78.8 Å². The third kappa shape index (κ3) is 14.0. The number of hydrogen-bond acceptors (Lipinski definition) is 23. The molecule has 1 N–H and O–H groups in total.